The van der Waals surface area contributed by atoms with Crippen molar-refractivity contribution in [3.63, 3.8) is 0 Å². The molecule has 1 aromatic heterocycles. The summed E-state index contributed by atoms with van der Waals surface area (Å²) >= 11 is 0. The summed E-state index contributed by atoms with van der Waals surface area (Å²) in [5, 5.41) is 2.86. The van der Waals surface area contributed by atoms with Gasteiger partial charge in [-0.15, -0.1) is 0 Å². The third kappa shape index (κ3) is 3.72. The molecule has 0 spiro atoms. The minimum atomic E-state index is -0.142. The van der Waals surface area contributed by atoms with Crippen LogP contribution in [-0.4, -0.2) is 23.0 Å². The van der Waals surface area contributed by atoms with Crippen LogP contribution in [0.1, 0.15) is 61.0 Å². The predicted molar refractivity (Wildman–Crippen MR) is 93.7 cm³/mol. The van der Waals surface area contributed by atoms with Crippen molar-refractivity contribution in [2.45, 2.75) is 44.9 Å². The van der Waals surface area contributed by atoms with E-state index in [0.717, 1.165) is 0 Å². The first kappa shape index (κ1) is 16.4. The molecular formula is C19H23N3O2. The number of carbonyl (C=O) groups excluding carboxylic acids is 1. The van der Waals surface area contributed by atoms with Crippen molar-refractivity contribution in [2.24, 2.45) is 0 Å². The van der Waals surface area contributed by atoms with E-state index in [0.29, 0.717) is 17.2 Å². The zero-order valence-electron chi connectivity index (χ0n) is 14.6. The van der Waals surface area contributed by atoms with E-state index in [1.165, 1.54) is 31.1 Å². The Morgan fingerprint density at radius 3 is 2.38 bits per heavy atom. The molecule has 1 fully saturated rings. The van der Waals surface area contributed by atoms with Gasteiger partial charge < -0.3 is 10.1 Å². The third-order valence-corrected chi connectivity index (χ3v) is 4.20. The van der Waals surface area contributed by atoms with Crippen LogP contribution in [0.25, 0.3) is 0 Å². The first-order chi connectivity index (χ1) is 11.4. The van der Waals surface area contributed by atoms with Crippen molar-refractivity contribution < 1.29 is 9.53 Å². The lowest BCUT2D eigenvalue weighted by Crippen LogP contribution is -2.17. The highest BCUT2D eigenvalue weighted by Crippen LogP contribution is 2.41. The lowest BCUT2D eigenvalue weighted by molar-refractivity contribution is 0.102. The maximum atomic E-state index is 12.6. The standard InChI is InChI=1S/C19H23N3O2/c1-19(2,3)15-8-13(12-5-6-12)7-14(9-15)17(23)22-16-10-20-18(24-4)21-11-16/h7-12H,5-6H2,1-4H3,(H,22,23). The van der Waals surface area contributed by atoms with Crippen LogP contribution < -0.4 is 10.1 Å². The van der Waals surface area contributed by atoms with Gasteiger partial charge in [0.05, 0.1) is 25.2 Å². The van der Waals surface area contributed by atoms with E-state index in [1.54, 1.807) is 12.4 Å². The van der Waals surface area contributed by atoms with Crippen molar-refractivity contribution >= 4 is 11.6 Å². The summed E-state index contributed by atoms with van der Waals surface area (Å²) in [6.45, 7) is 6.49. The quantitative estimate of drug-likeness (QED) is 0.925. The topological polar surface area (TPSA) is 64.1 Å². The largest absolute Gasteiger partial charge is 0.467 e. The molecule has 5 heteroatoms. The second-order valence-electron chi connectivity index (χ2n) is 7.28. The number of rotatable bonds is 4. The van der Waals surface area contributed by atoms with Crippen LogP contribution in [0.15, 0.2) is 30.6 Å². The maximum Gasteiger partial charge on any atom is 0.316 e. The number of methoxy groups -OCH3 is 1. The Morgan fingerprint density at radius 1 is 1.17 bits per heavy atom. The molecule has 24 heavy (non-hydrogen) atoms. The maximum absolute atomic E-state index is 12.6. The Hall–Kier alpha value is -2.43. The summed E-state index contributed by atoms with van der Waals surface area (Å²) in [5.74, 6) is 0.458. The number of carbonyl (C=O) groups is 1. The summed E-state index contributed by atoms with van der Waals surface area (Å²) in [6, 6.07) is 6.50. The number of anilines is 1. The van der Waals surface area contributed by atoms with E-state index >= 15 is 0 Å². The van der Waals surface area contributed by atoms with E-state index in [4.69, 9.17) is 4.74 Å². The fourth-order valence-corrected chi connectivity index (χ4v) is 2.56. The van der Waals surface area contributed by atoms with E-state index in [1.807, 2.05) is 12.1 Å². The van der Waals surface area contributed by atoms with Crippen LogP contribution in [0.3, 0.4) is 0 Å². The molecule has 0 saturated heterocycles. The Labute approximate surface area is 142 Å². The fraction of sp³-hybridized carbons (Fsp3) is 0.421. The molecule has 1 aromatic carbocycles. The molecule has 1 N–H and O–H groups in total. The lowest BCUT2D eigenvalue weighted by Gasteiger charge is -2.21. The number of aromatic nitrogens is 2. The van der Waals surface area contributed by atoms with Crippen molar-refractivity contribution in [3.05, 3.63) is 47.3 Å². The first-order valence-electron chi connectivity index (χ1n) is 8.19. The Kier molecular flexibility index (Phi) is 4.26. The van der Waals surface area contributed by atoms with Gasteiger partial charge >= 0.3 is 6.01 Å². The highest BCUT2D eigenvalue weighted by Gasteiger charge is 2.27. The second-order valence-corrected chi connectivity index (χ2v) is 7.28. The SMILES string of the molecule is COc1ncc(NC(=O)c2cc(C3CC3)cc(C(C)(C)C)c2)cn1. The Bertz CT molecular complexity index is 744. The smallest absolute Gasteiger partial charge is 0.316 e. The number of amides is 1. The molecule has 5 nitrogen and oxygen atoms in total. The molecule has 3 rings (SSSR count). The molecule has 0 radical (unpaired) electrons. The van der Waals surface area contributed by atoms with Crippen LogP contribution in [0.4, 0.5) is 5.69 Å². The first-order valence-corrected chi connectivity index (χ1v) is 8.19. The highest BCUT2D eigenvalue weighted by atomic mass is 16.5. The van der Waals surface area contributed by atoms with Gasteiger partial charge in [0.2, 0.25) is 0 Å². The van der Waals surface area contributed by atoms with Crippen LogP contribution in [0.2, 0.25) is 0 Å². The average molecular weight is 325 g/mol. The molecule has 126 valence electrons. The number of nitrogens with zero attached hydrogens (tertiary/aromatic N) is 2. The molecule has 0 aliphatic heterocycles. The summed E-state index contributed by atoms with van der Waals surface area (Å²) in [5.41, 5.74) is 3.68. The summed E-state index contributed by atoms with van der Waals surface area (Å²) in [4.78, 5) is 20.7. The lowest BCUT2D eigenvalue weighted by atomic mass is 9.84. The monoisotopic (exact) mass is 325 g/mol. The van der Waals surface area contributed by atoms with Gasteiger partial charge in [-0.25, -0.2) is 9.97 Å². The summed E-state index contributed by atoms with van der Waals surface area (Å²) < 4.78 is 4.93. The van der Waals surface area contributed by atoms with E-state index in [-0.39, 0.29) is 17.3 Å². The third-order valence-electron chi connectivity index (χ3n) is 4.20. The molecule has 1 aliphatic rings. The number of ether oxygens (including phenoxy) is 1. The van der Waals surface area contributed by atoms with E-state index in [9.17, 15) is 4.79 Å². The van der Waals surface area contributed by atoms with Gasteiger partial charge in [-0.05, 0) is 47.4 Å². The Morgan fingerprint density at radius 2 is 1.83 bits per heavy atom. The number of hydrogen-bond acceptors (Lipinski definition) is 4. The van der Waals surface area contributed by atoms with Gasteiger partial charge in [0.15, 0.2) is 0 Å². The molecular weight excluding hydrogens is 302 g/mol. The molecule has 1 amide bonds. The van der Waals surface area contributed by atoms with Gasteiger partial charge in [-0.3, -0.25) is 4.79 Å². The fourth-order valence-electron chi connectivity index (χ4n) is 2.56. The highest BCUT2D eigenvalue weighted by molar-refractivity contribution is 6.04. The van der Waals surface area contributed by atoms with Crippen LogP contribution in [0, 0.1) is 0 Å². The molecule has 0 unspecified atom stereocenters. The molecule has 0 bridgehead atoms. The van der Waals surface area contributed by atoms with Crippen LogP contribution >= 0.6 is 0 Å². The van der Waals surface area contributed by atoms with Gasteiger partial charge in [-0.1, -0.05) is 26.8 Å². The molecule has 2 aromatic rings. The zero-order valence-corrected chi connectivity index (χ0v) is 14.6. The number of nitrogens with one attached hydrogen (secondary N) is 1. The van der Waals surface area contributed by atoms with E-state index < -0.39 is 0 Å². The number of hydrogen-bond donors (Lipinski definition) is 1. The van der Waals surface area contributed by atoms with Gasteiger partial charge in [0.1, 0.15) is 0 Å². The van der Waals surface area contributed by atoms with Gasteiger partial charge in [-0.2, -0.15) is 0 Å². The minimum absolute atomic E-state index is 0.00313. The normalized spacial score (nSPS) is 14.3. The molecule has 0 atom stereocenters. The molecule has 1 saturated carbocycles. The molecule has 1 heterocycles. The van der Waals surface area contributed by atoms with Crippen molar-refractivity contribution in [1.29, 1.82) is 0 Å². The van der Waals surface area contributed by atoms with Crippen molar-refractivity contribution in [1.82, 2.24) is 9.97 Å². The van der Waals surface area contributed by atoms with Crippen molar-refractivity contribution in [2.75, 3.05) is 12.4 Å². The van der Waals surface area contributed by atoms with Gasteiger partial charge in [0.25, 0.3) is 5.91 Å². The molecule has 1 aliphatic carbocycles. The summed E-state index contributed by atoms with van der Waals surface area (Å²) in [6.07, 6.45) is 5.50. The van der Waals surface area contributed by atoms with Crippen LogP contribution in [0.5, 0.6) is 6.01 Å². The van der Waals surface area contributed by atoms with Gasteiger partial charge in [0, 0.05) is 5.56 Å². The average Bonchev–Trinajstić information content (AvgIpc) is 3.39. The van der Waals surface area contributed by atoms with E-state index in [2.05, 4.69) is 42.1 Å². The zero-order chi connectivity index (χ0) is 17.3. The van der Waals surface area contributed by atoms with Crippen molar-refractivity contribution in [3.8, 4) is 6.01 Å². The summed E-state index contributed by atoms with van der Waals surface area (Å²) in [7, 11) is 1.50. The Balaban J connectivity index is 1.86. The predicted octanol–water partition coefficient (Wildman–Crippen LogP) is 3.91. The minimum Gasteiger partial charge on any atom is -0.467 e. The van der Waals surface area contributed by atoms with Crippen LogP contribution in [-0.2, 0) is 5.41 Å². The second kappa shape index (κ2) is 6.23. The number of benzene rings is 1.